The largest absolute Gasteiger partial charge is 0.337 e. The summed E-state index contributed by atoms with van der Waals surface area (Å²) >= 11 is 11.9. The second-order valence-corrected chi connectivity index (χ2v) is 7.48. The zero-order valence-electron chi connectivity index (χ0n) is 14.9. The van der Waals surface area contributed by atoms with Crippen LogP contribution in [0.5, 0.6) is 0 Å². The van der Waals surface area contributed by atoms with Crippen molar-refractivity contribution in [3.05, 3.63) is 64.5 Å². The normalized spacial score (nSPS) is 16.8. The lowest BCUT2D eigenvalue weighted by atomic mass is 10.0. The first-order valence-corrected chi connectivity index (χ1v) is 9.78. The van der Waals surface area contributed by atoms with E-state index in [-0.39, 0.29) is 12.1 Å². The molecule has 1 N–H and O–H groups in total. The Bertz CT molecular complexity index is 974. The number of halogens is 2. The number of anilines is 1. The third-order valence-electron chi connectivity index (χ3n) is 4.67. The molecule has 2 heterocycles. The van der Waals surface area contributed by atoms with Crippen molar-refractivity contribution >= 4 is 34.9 Å². The lowest BCUT2D eigenvalue weighted by Gasteiger charge is -2.33. The predicted molar refractivity (Wildman–Crippen MR) is 109 cm³/mol. The van der Waals surface area contributed by atoms with Crippen LogP contribution in [-0.4, -0.2) is 27.6 Å². The number of piperidine rings is 1. The minimum atomic E-state index is -0.263. The van der Waals surface area contributed by atoms with E-state index in [1.807, 2.05) is 12.1 Å². The molecule has 1 aliphatic heterocycles. The third-order valence-corrected chi connectivity index (χ3v) is 5.16. The van der Waals surface area contributed by atoms with Gasteiger partial charge in [-0.3, -0.25) is 0 Å². The first-order valence-electron chi connectivity index (χ1n) is 9.03. The quantitative estimate of drug-likeness (QED) is 0.585. The van der Waals surface area contributed by atoms with E-state index in [4.69, 9.17) is 27.7 Å². The highest BCUT2D eigenvalue weighted by molar-refractivity contribution is 6.31. The number of hydrogen-bond acceptors (Lipinski definition) is 4. The van der Waals surface area contributed by atoms with Gasteiger partial charge in [0.15, 0.2) is 0 Å². The fourth-order valence-corrected chi connectivity index (χ4v) is 3.60. The monoisotopic (exact) mass is 416 g/mol. The minimum Gasteiger partial charge on any atom is -0.337 e. The topological polar surface area (TPSA) is 71.3 Å². The SMILES string of the molecule is O=C(Nc1cccc(Cl)c1)N1CCCC[C@@H]1c1nc(-c2ccc(Cl)cc2)no1. The van der Waals surface area contributed by atoms with Crippen LogP contribution in [0.25, 0.3) is 11.4 Å². The van der Waals surface area contributed by atoms with E-state index < -0.39 is 0 Å². The zero-order valence-corrected chi connectivity index (χ0v) is 16.5. The summed E-state index contributed by atoms with van der Waals surface area (Å²) in [5, 5.41) is 8.18. The molecule has 0 spiro atoms. The molecular weight excluding hydrogens is 399 g/mol. The van der Waals surface area contributed by atoms with Gasteiger partial charge in [0.1, 0.15) is 6.04 Å². The van der Waals surface area contributed by atoms with Crippen molar-refractivity contribution in [3.8, 4) is 11.4 Å². The van der Waals surface area contributed by atoms with Crippen LogP contribution in [0.3, 0.4) is 0 Å². The van der Waals surface area contributed by atoms with Crippen molar-refractivity contribution in [2.24, 2.45) is 0 Å². The maximum absolute atomic E-state index is 12.8. The van der Waals surface area contributed by atoms with Crippen molar-refractivity contribution in [1.82, 2.24) is 15.0 Å². The van der Waals surface area contributed by atoms with Gasteiger partial charge in [-0.2, -0.15) is 4.98 Å². The Labute approximate surface area is 172 Å². The van der Waals surface area contributed by atoms with Crippen molar-refractivity contribution in [1.29, 1.82) is 0 Å². The molecule has 0 bridgehead atoms. The first kappa shape index (κ1) is 18.8. The Kier molecular flexibility index (Phi) is 5.50. The maximum Gasteiger partial charge on any atom is 0.322 e. The van der Waals surface area contributed by atoms with Crippen LogP contribution in [0.2, 0.25) is 10.0 Å². The molecule has 4 rings (SSSR count). The number of carbonyl (C=O) groups is 1. The molecule has 0 aliphatic carbocycles. The summed E-state index contributed by atoms with van der Waals surface area (Å²) in [5.74, 6) is 0.915. The summed E-state index contributed by atoms with van der Waals surface area (Å²) < 4.78 is 5.50. The van der Waals surface area contributed by atoms with Gasteiger partial charge in [-0.05, 0) is 61.7 Å². The molecule has 0 saturated carbocycles. The number of carbonyl (C=O) groups excluding carboxylic acids is 1. The van der Waals surface area contributed by atoms with E-state index in [0.29, 0.717) is 34.0 Å². The lowest BCUT2D eigenvalue weighted by molar-refractivity contribution is 0.142. The Morgan fingerprint density at radius 2 is 1.93 bits per heavy atom. The summed E-state index contributed by atoms with van der Waals surface area (Å²) in [6, 6.07) is 13.8. The van der Waals surface area contributed by atoms with E-state index >= 15 is 0 Å². The number of benzene rings is 2. The minimum absolute atomic E-state index is 0.210. The van der Waals surface area contributed by atoms with Gasteiger partial charge in [-0.15, -0.1) is 0 Å². The van der Waals surface area contributed by atoms with Crippen LogP contribution in [0.1, 0.15) is 31.2 Å². The third kappa shape index (κ3) is 4.13. The van der Waals surface area contributed by atoms with Crippen LogP contribution < -0.4 is 5.32 Å². The molecule has 0 radical (unpaired) electrons. The number of urea groups is 1. The smallest absolute Gasteiger partial charge is 0.322 e. The number of aromatic nitrogens is 2. The summed E-state index contributed by atoms with van der Waals surface area (Å²) in [5.41, 5.74) is 1.46. The molecule has 2 amide bonds. The Morgan fingerprint density at radius 1 is 1.11 bits per heavy atom. The molecule has 6 nitrogen and oxygen atoms in total. The molecule has 1 aromatic heterocycles. The Morgan fingerprint density at radius 3 is 2.71 bits per heavy atom. The summed E-state index contributed by atoms with van der Waals surface area (Å²) in [7, 11) is 0. The molecule has 1 fully saturated rings. The van der Waals surface area contributed by atoms with Gasteiger partial charge in [-0.25, -0.2) is 4.79 Å². The van der Waals surface area contributed by atoms with Gasteiger partial charge in [0.2, 0.25) is 11.7 Å². The number of likely N-dealkylation sites (tertiary alicyclic amines) is 1. The van der Waals surface area contributed by atoms with E-state index in [2.05, 4.69) is 15.5 Å². The fraction of sp³-hybridized carbons (Fsp3) is 0.250. The van der Waals surface area contributed by atoms with E-state index in [0.717, 1.165) is 24.8 Å². The standard InChI is InChI=1S/C20H18Cl2N4O2/c21-14-9-7-13(8-10-14)18-24-19(28-25-18)17-6-1-2-11-26(17)20(27)23-16-5-3-4-15(22)12-16/h3-5,7-10,12,17H,1-2,6,11H2,(H,23,27)/t17-/m1/s1. The number of nitrogens with one attached hydrogen (secondary N) is 1. The number of amides is 2. The van der Waals surface area contributed by atoms with Crippen molar-refractivity contribution < 1.29 is 9.32 Å². The van der Waals surface area contributed by atoms with Gasteiger partial charge in [-0.1, -0.05) is 34.4 Å². The van der Waals surface area contributed by atoms with E-state index in [1.165, 1.54) is 0 Å². The summed E-state index contributed by atoms with van der Waals surface area (Å²) in [6.07, 6.45) is 2.69. The molecule has 8 heteroatoms. The highest BCUT2D eigenvalue weighted by atomic mass is 35.5. The van der Waals surface area contributed by atoms with E-state index in [1.54, 1.807) is 41.3 Å². The molecular formula is C20H18Cl2N4O2. The average Bonchev–Trinajstić information content (AvgIpc) is 3.18. The Balaban J connectivity index is 1.54. The van der Waals surface area contributed by atoms with Crippen molar-refractivity contribution in [2.45, 2.75) is 25.3 Å². The molecule has 1 aliphatic rings. The van der Waals surface area contributed by atoms with Gasteiger partial charge in [0.05, 0.1) is 0 Å². The summed E-state index contributed by atoms with van der Waals surface area (Å²) in [6.45, 7) is 0.621. The zero-order chi connectivity index (χ0) is 19.5. The number of rotatable bonds is 3. The molecule has 3 aromatic rings. The van der Waals surface area contributed by atoms with Crippen molar-refractivity contribution in [3.63, 3.8) is 0 Å². The molecule has 2 aromatic carbocycles. The molecule has 1 saturated heterocycles. The number of hydrogen-bond donors (Lipinski definition) is 1. The van der Waals surface area contributed by atoms with Gasteiger partial charge in [0, 0.05) is 27.8 Å². The first-order chi connectivity index (χ1) is 13.6. The predicted octanol–water partition coefficient (Wildman–Crippen LogP) is 5.80. The van der Waals surface area contributed by atoms with Gasteiger partial charge in [0.25, 0.3) is 0 Å². The van der Waals surface area contributed by atoms with E-state index in [9.17, 15) is 4.79 Å². The van der Waals surface area contributed by atoms with Crippen LogP contribution >= 0.6 is 23.2 Å². The molecule has 1 atom stereocenters. The van der Waals surface area contributed by atoms with Gasteiger partial charge < -0.3 is 14.7 Å². The second kappa shape index (κ2) is 8.20. The summed E-state index contributed by atoms with van der Waals surface area (Å²) in [4.78, 5) is 19.1. The van der Waals surface area contributed by atoms with Gasteiger partial charge >= 0.3 is 6.03 Å². The van der Waals surface area contributed by atoms with Crippen LogP contribution in [0.15, 0.2) is 53.1 Å². The fourth-order valence-electron chi connectivity index (χ4n) is 3.28. The van der Waals surface area contributed by atoms with Crippen LogP contribution in [0.4, 0.5) is 10.5 Å². The molecule has 144 valence electrons. The number of nitrogens with zero attached hydrogens (tertiary/aromatic N) is 3. The highest BCUT2D eigenvalue weighted by Crippen LogP contribution is 2.32. The molecule has 28 heavy (non-hydrogen) atoms. The maximum atomic E-state index is 12.8. The highest BCUT2D eigenvalue weighted by Gasteiger charge is 2.32. The lowest BCUT2D eigenvalue weighted by Crippen LogP contribution is -2.41. The van der Waals surface area contributed by atoms with Crippen molar-refractivity contribution in [2.75, 3.05) is 11.9 Å². The van der Waals surface area contributed by atoms with Crippen LogP contribution in [0, 0.1) is 0 Å². The second-order valence-electron chi connectivity index (χ2n) is 6.61. The van der Waals surface area contributed by atoms with Crippen LogP contribution in [-0.2, 0) is 0 Å². The average molecular weight is 417 g/mol. The Hall–Kier alpha value is -2.57. The molecule has 0 unspecified atom stereocenters.